The first kappa shape index (κ1) is 12.6. The number of pyridine rings is 1. The maximum absolute atomic E-state index is 13.4. The molecule has 0 saturated carbocycles. The second kappa shape index (κ2) is 4.43. The fourth-order valence-corrected chi connectivity index (χ4v) is 2.69. The molecule has 0 aliphatic heterocycles. The summed E-state index contributed by atoms with van der Waals surface area (Å²) in [5, 5.41) is 1.39. The number of halogens is 3. The molecule has 0 radical (unpaired) electrons. The van der Waals surface area contributed by atoms with E-state index < -0.39 is 5.82 Å². The van der Waals surface area contributed by atoms with E-state index >= 15 is 0 Å². The van der Waals surface area contributed by atoms with Gasteiger partial charge in [0, 0.05) is 17.1 Å². The van der Waals surface area contributed by atoms with Gasteiger partial charge < -0.3 is 0 Å². The second-order valence-corrected chi connectivity index (χ2v) is 5.15. The molecule has 0 aliphatic rings. The summed E-state index contributed by atoms with van der Waals surface area (Å²) in [5.41, 5.74) is 2.36. The molecule has 2 rings (SSSR count). The molecule has 0 atom stereocenters. The second-order valence-electron chi connectivity index (χ2n) is 4.36. The van der Waals surface area contributed by atoms with Crippen LogP contribution in [-0.2, 0) is 0 Å². The van der Waals surface area contributed by atoms with Crippen LogP contribution in [0.25, 0.3) is 10.9 Å². The molecular weight excluding hydrogens is 260 g/mol. The van der Waals surface area contributed by atoms with Gasteiger partial charge in [-0.3, -0.25) is 4.98 Å². The van der Waals surface area contributed by atoms with E-state index in [0.29, 0.717) is 15.9 Å². The van der Waals surface area contributed by atoms with Crippen LogP contribution in [0, 0.1) is 12.7 Å². The van der Waals surface area contributed by atoms with Gasteiger partial charge in [-0.2, -0.15) is 0 Å². The van der Waals surface area contributed by atoms with Gasteiger partial charge in [-0.1, -0.05) is 37.0 Å². The highest BCUT2D eigenvalue weighted by Crippen LogP contribution is 2.34. The lowest BCUT2D eigenvalue weighted by Crippen LogP contribution is -1.98. The Morgan fingerprint density at radius 1 is 1.24 bits per heavy atom. The number of nitrogens with zero attached hydrogens (tertiary/aromatic N) is 1. The summed E-state index contributed by atoms with van der Waals surface area (Å²) in [6.45, 7) is 5.98. The van der Waals surface area contributed by atoms with E-state index in [2.05, 4.69) is 4.98 Å². The van der Waals surface area contributed by atoms with Crippen LogP contribution in [0.2, 0.25) is 10.0 Å². The fraction of sp³-hybridized carbons (Fsp3) is 0.308. The quantitative estimate of drug-likeness (QED) is 0.702. The zero-order valence-electron chi connectivity index (χ0n) is 9.81. The molecule has 17 heavy (non-hydrogen) atoms. The van der Waals surface area contributed by atoms with E-state index in [9.17, 15) is 4.39 Å². The minimum absolute atomic E-state index is 0.0692. The Bertz CT molecular complexity index is 594. The lowest BCUT2D eigenvalue weighted by Gasteiger charge is -2.14. The van der Waals surface area contributed by atoms with Gasteiger partial charge in [-0.25, -0.2) is 4.39 Å². The average molecular weight is 272 g/mol. The summed E-state index contributed by atoms with van der Waals surface area (Å²) in [7, 11) is 0. The van der Waals surface area contributed by atoms with Crippen molar-refractivity contribution in [2.45, 2.75) is 26.7 Å². The van der Waals surface area contributed by atoms with E-state index in [1.165, 1.54) is 12.1 Å². The molecule has 1 aromatic carbocycles. The van der Waals surface area contributed by atoms with Crippen molar-refractivity contribution in [3.05, 3.63) is 39.3 Å². The molecule has 0 bridgehead atoms. The summed E-state index contributed by atoms with van der Waals surface area (Å²) in [5.74, 6) is -0.206. The molecule has 90 valence electrons. The lowest BCUT2D eigenvalue weighted by molar-refractivity contribution is 0.629. The van der Waals surface area contributed by atoms with Crippen molar-refractivity contribution in [3.63, 3.8) is 0 Å². The van der Waals surface area contributed by atoms with Crippen LogP contribution < -0.4 is 0 Å². The molecule has 0 saturated heterocycles. The smallest absolute Gasteiger partial charge is 0.143 e. The van der Waals surface area contributed by atoms with Crippen molar-refractivity contribution in [2.75, 3.05) is 0 Å². The molecule has 0 amide bonds. The molecule has 0 fully saturated rings. The highest BCUT2D eigenvalue weighted by Gasteiger charge is 2.15. The minimum Gasteiger partial charge on any atom is -0.253 e. The Labute approximate surface area is 110 Å². The first-order valence-corrected chi connectivity index (χ1v) is 6.12. The normalized spacial score (nSPS) is 11.5. The van der Waals surface area contributed by atoms with E-state index in [0.717, 1.165) is 11.3 Å². The van der Waals surface area contributed by atoms with Gasteiger partial charge in [-0.05, 0) is 24.5 Å². The number of fused-ring (bicyclic) bond motifs is 1. The summed E-state index contributed by atoms with van der Waals surface area (Å²) >= 11 is 12.1. The largest absolute Gasteiger partial charge is 0.253 e. The minimum atomic E-state index is -0.473. The first-order chi connectivity index (χ1) is 7.91. The van der Waals surface area contributed by atoms with Crippen molar-refractivity contribution in [2.24, 2.45) is 0 Å². The molecule has 0 spiro atoms. The molecule has 0 unspecified atom stereocenters. The Morgan fingerprint density at radius 2 is 1.88 bits per heavy atom. The Hall–Kier alpha value is -0.860. The van der Waals surface area contributed by atoms with Crippen LogP contribution in [0.1, 0.15) is 31.0 Å². The van der Waals surface area contributed by atoms with Crippen molar-refractivity contribution in [1.29, 1.82) is 0 Å². The van der Waals surface area contributed by atoms with Gasteiger partial charge in [0.05, 0.1) is 15.6 Å². The van der Waals surface area contributed by atoms with Crippen LogP contribution >= 0.6 is 23.2 Å². The number of aryl methyl sites for hydroxylation is 1. The van der Waals surface area contributed by atoms with Crippen molar-refractivity contribution in [1.82, 2.24) is 4.98 Å². The van der Waals surface area contributed by atoms with Gasteiger partial charge in [0.1, 0.15) is 5.82 Å². The summed E-state index contributed by atoms with van der Waals surface area (Å²) in [4.78, 5) is 4.38. The van der Waals surface area contributed by atoms with Crippen molar-refractivity contribution >= 4 is 34.1 Å². The fourth-order valence-electron chi connectivity index (χ4n) is 2.02. The van der Waals surface area contributed by atoms with Gasteiger partial charge >= 0.3 is 0 Å². The SMILES string of the molecule is Cc1nc2cc(F)c(Cl)cc2c(Cl)c1C(C)C. The van der Waals surface area contributed by atoms with Crippen molar-refractivity contribution < 1.29 is 4.39 Å². The molecule has 1 aromatic heterocycles. The van der Waals surface area contributed by atoms with E-state index in [1.807, 2.05) is 20.8 Å². The molecule has 1 nitrogen and oxygen atoms in total. The first-order valence-electron chi connectivity index (χ1n) is 5.36. The van der Waals surface area contributed by atoms with E-state index in [4.69, 9.17) is 23.2 Å². The Morgan fingerprint density at radius 3 is 2.47 bits per heavy atom. The van der Waals surface area contributed by atoms with Crippen LogP contribution in [0.15, 0.2) is 12.1 Å². The number of hydrogen-bond donors (Lipinski definition) is 0. The molecule has 1 heterocycles. The number of aromatic nitrogens is 1. The van der Waals surface area contributed by atoms with Gasteiger partial charge in [0.25, 0.3) is 0 Å². The average Bonchev–Trinajstić information content (AvgIpc) is 2.21. The topological polar surface area (TPSA) is 12.9 Å². The number of hydrogen-bond acceptors (Lipinski definition) is 1. The molecular formula is C13H12Cl2FN. The Kier molecular flexibility index (Phi) is 3.28. The third-order valence-electron chi connectivity index (χ3n) is 2.77. The molecule has 0 N–H and O–H groups in total. The van der Waals surface area contributed by atoms with Crippen LogP contribution in [0.3, 0.4) is 0 Å². The molecule has 2 aromatic rings. The van der Waals surface area contributed by atoms with Gasteiger partial charge in [0.15, 0.2) is 0 Å². The van der Waals surface area contributed by atoms with Gasteiger partial charge in [0.2, 0.25) is 0 Å². The van der Waals surface area contributed by atoms with E-state index in [-0.39, 0.29) is 10.9 Å². The lowest BCUT2D eigenvalue weighted by atomic mass is 9.99. The summed E-state index contributed by atoms with van der Waals surface area (Å²) in [6, 6.07) is 2.85. The monoisotopic (exact) mass is 271 g/mol. The third kappa shape index (κ3) is 2.12. The predicted octanol–water partition coefficient (Wildman–Crippen LogP) is 5.11. The summed E-state index contributed by atoms with van der Waals surface area (Å²) in [6.07, 6.45) is 0. The predicted molar refractivity (Wildman–Crippen MR) is 70.5 cm³/mol. The third-order valence-corrected chi connectivity index (χ3v) is 3.46. The maximum atomic E-state index is 13.4. The van der Waals surface area contributed by atoms with Gasteiger partial charge in [-0.15, -0.1) is 0 Å². The van der Waals surface area contributed by atoms with E-state index in [1.54, 1.807) is 0 Å². The molecule has 4 heteroatoms. The zero-order valence-corrected chi connectivity index (χ0v) is 11.3. The summed E-state index contributed by atoms with van der Waals surface area (Å²) < 4.78 is 13.4. The number of rotatable bonds is 1. The zero-order chi connectivity index (χ0) is 12.7. The van der Waals surface area contributed by atoms with Crippen molar-refractivity contribution in [3.8, 4) is 0 Å². The molecule has 0 aliphatic carbocycles. The maximum Gasteiger partial charge on any atom is 0.143 e. The van der Waals surface area contributed by atoms with Crippen LogP contribution in [0.5, 0.6) is 0 Å². The Balaban J connectivity index is 2.87. The van der Waals surface area contributed by atoms with Crippen LogP contribution in [0.4, 0.5) is 4.39 Å². The standard InChI is InChI=1S/C13H12Cl2FN/c1-6(2)12-7(3)17-11-5-10(16)9(14)4-8(11)13(12)15/h4-6H,1-3H3. The number of benzene rings is 1. The highest BCUT2D eigenvalue weighted by molar-refractivity contribution is 6.37. The van der Waals surface area contributed by atoms with Crippen LogP contribution in [-0.4, -0.2) is 4.98 Å². The highest BCUT2D eigenvalue weighted by atomic mass is 35.5.